The van der Waals surface area contributed by atoms with Crippen molar-refractivity contribution in [3.63, 3.8) is 0 Å². The van der Waals surface area contributed by atoms with Crippen molar-refractivity contribution < 1.29 is 28.6 Å². The molecule has 1 atom stereocenters. The average Bonchev–Trinajstić information content (AvgIpc) is 3.48. The van der Waals surface area contributed by atoms with E-state index in [9.17, 15) is 14.4 Å². The standard InChI is InChI=1S/C77H128O6/c1-4-7-10-13-16-19-22-24-26-28-30-32-34-35-36-37-38-39-40-41-43-44-46-48-50-52-55-58-61-64-67-70-76(79)82-73-74(72-81-75(78)69-66-63-60-57-54-21-18-15-12-9-6-3)83-77(80)71-68-65-62-59-56-53-51-49-47-45-42-33-31-29-27-25-23-20-17-14-11-8-5-2/h7-8,10-11,15-20,24-27,30-33,35-36,38-39,74H,4-6,9,12-14,21-23,28-29,34,37,40-73H2,1-3H3/b10-7-,11-8-,18-15-,19-16-,20-17-,26-24-,27-25-,32-30-,33-31-,36-35-,39-38-. The van der Waals surface area contributed by atoms with E-state index in [1.165, 1.54) is 148 Å². The van der Waals surface area contributed by atoms with E-state index in [1.807, 2.05) is 0 Å². The van der Waals surface area contributed by atoms with Crippen LogP contribution in [0, 0.1) is 0 Å². The van der Waals surface area contributed by atoms with E-state index < -0.39 is 6.10 Å². The third-order valence-electron chi connectivity index (χ3n) is 14.6. The van der Waals surface area contributed by atoms with E-state index in [0.717, 1.165) is 128 Å². The Morgan fingerprint density at radius 3 is 0.747 bits per heavy atom. The molecule has 0 fully saturated rings. The molecule has 0 rings (SSSR count). The van der Waals surface area contributed by atoms with Crippen LogP contribution >= 0.6 is 0 Å². The lowest BCUT2D eigenvalue weighted by Gasteiger charge is -2.18. The molecule has 0 radical (unpaired) electrons. The largest absolute Gasteiger partial charge is 0.462 e. The summed E-state index contributed by atoms with van der Waals surface area (Å²) in [6.45, 7) is 6.38. The molecule has 0 saturated carbocycles. The number of carbonyl (C=O) groups excluding carboxylic acids is 3. The molecular weight excluding hydrogens is 1020 g/mol. The van der Waals surface area contributed by atoms with E-state index in [4.69, 9.17) is 14.2 Å². The van der Waals surface area contributed by atoms with Crippen molar-refractivity contribution in [2.45, 2.75) is 322 Å². The Labute approximate surface area is 513 Å². The smallest absolute Gasteiger partial charge is 0.306 e. The molecule has 0 N–H and O–H groups in total. The summed E-state index contributed by atoms with van der Waals surface area (Å²) in [6, 6.07) is 0. The van der Waals surface area contributed by atoms with Crippen molar-refractivity contribution >= 4 is 17.9 Å². The first-order valence-corrected chi connectivity index (χ1v) is 34.7. The van der Waals surface area contributed by atoms with Crippen LogP contribution < -0.4 is 0 Å². The molecule has 0 amide bonds. The molecule has 6 nitrogen and oxygen atoms in total. The minimum atomic E-state index is -0.789. The fourth-order valence-corrected chi connectivity index (χ4v) is 9.48. The van der Waals surface area contributed by atoms with Gasteiger partial charge in [-0.1, -0.05) is 302 Å². The van der Waals surface area contributed by atoms with Crippen LogP contribution in [0.15, 0.2) is 134 Å². The molecule has 0 saturated heterocycles. The van der Waals surface area contributed by atoms with Crippen LogP contribution in [-0.4, -0.2) is 37.2 Å². The molecule has 1 unspecified atom stereocenters. The Morgan fingerprint density at radius 1 is 0.253 bits per heavy atom. The quantitative estimate of drug-likeness (QED) is 0.0261. The Balaban J connectivity index is 4.24. The molecular formula is C77H128O6. The summed E-state index contributed by atoms with van der Waals surface area (Å²) < 4.78 is 16.9. The first-order chi connectivity index (χ1) is 41.0. The molecule has 0 aliphatic carbocycles. The van der Waals surface area contributed by atoms with Crippen molar-refractivity contribution in [1.82, 2.24) is 0 Å². The highest BCUT2D eigenvalue weighted by molar-refractivity contribution is 5.71. The third kappa shape index (κ3) is 68.2. The van der Waals surface area contributed by atoms with Gasteiger partial charge in [0.15, 0.2) is 6.10 Å². The summed E-state index contributed by atoms with van der Waals surface area (Å²) in [7, 11) is 0. The van der Waals surface area contributed by atoms with Crippen molar-refractivity contribution in [3.05, 3.63) is 134 Å². The van der Waals surface area contributed by atoms with Crippen LogP contribution in [0.1, 0.15) is 316 Å². The molecule has 0 spiro atoms. The van der Waals surface area contributed by atoms with Gasteiger partial charge < -0.3 is 14.2 Å². The highest BCUT2D eigenvalue weighted by Crippen LogP contribution is 2.16. The maximum Gasteiger partial charge on any atom is 0.306 e. The molecule has 0 aliphatic heterocycles. The molecule has 0 bridgehead atoms. The average molecular weight is 1150 g/mol. The summed E-state index contributed by atoms with van der Waals surface area (Å²) in [6.07, 6.45) is 99.0. The number of hydrogen-bond acceptors (Lipinski definition) is 6. The second-order valence-corrected chi connectivity index (χ2v) is 22.7. The van der Waals surface area contributed by atoms with Crippen molar-refractivity contribution in [1.29, 1.82) is 0 Å². The molecule has 0 heterocycles. The van der Waals surface area contributed by atoms with E-state index in [-0.39, 0.29) is 31.1 Å². The first-order valence-electron chi connectivity index (χ1n) is 34.7. The van der Waals surface area contributed by atoms with Crippen LogP contribution in [0.5, 0.6) is 0 Å². The Hall–Kier alpha value is -4.45. The van der Waals surface area contributed by atoms with Gasteiger partial charge in [-0.25, -0.2) is 0 Å². The minimum Gasteiger partial charge on any atom is -0.462 e. The van der Waals surface area contributed by atoms with Gasteiger partial charge >= 0.3 is 17.9 Å². The zero-order valence-corrected chi connectivity index (χ0v) is 54.2. The van der Waals surface area contributed by atoms with Crippen LogP contribution in [0.3, 0.4) is 0 Å². The number of allylic oxidation sites excluding steroid dienone is 22. The second-order valence-electron chi connectivity index (χ2n) is 22.7. The summed E-state index contributed by atoms with van der Waals surface area (Å²) in [5, 5.41) is 0. The van der Waals surface area contributed by atoms with Crippen LogP contribution in [0.2, 0.25) is 0 Å². The zero-order chi connectivity index (χ0) is 59.9. The summed E-state index contributed by atoms with van der Waals surface area (Å²) >= 11 is 0. The van der Waals surface area contributed by atoms with Crippen LogP contribution in [0.4, 0.5) is 0 Å². The molecule has 0 aromatic rings. The number of rotatable bonds is 62. The lowest BCUT2D eigenvalue weighted by molar-refractivity contribution is -0.167. The predicted octanol–water partition coefficient (Wildman–Crippen LogP) is 24.1. The van der Waals surface area contributed by atoms with Gasteiger partial charge in [-0.15, -0.1) is 0 Å². The Bertz CT molecular complexity index is 1750. The Kier molecular flexibility index (Phi) is 66.3. The summed E-state index contributed by atoms with van der Waals surface area (Å²) in [5.74, 6) is -0.894. The van der Waals surface area contributed by atoms with Gasteiger partial charge in [0.2, 0.25) is 0 Å². The molecule has 0 aliphatic rings. The number of esters is 3. The maximum absolute atomic E-state index is 12.9. The highest BCUT2D eigenvalue weighted by atomic mass is 16.6. The molecule has 0 aromatic carbocycles. The van der Waals surface area contributed by atoms with E-state index in [0.29, 0.717) is 19.3 Å². The van der Waals surface area contributed by atoms with Crippen LogP contribution in [-0.2, 0) is 28.6 Å². The van der Waals surface area contributed by atoms with E-state index >= 15 is 0 Å². The number of ether oxygens (including phenoxy) is 3. The first kappa shape index (κ1) is 78.5. The van der Waals surface area contributed by atoms with E-state index in [1.54, 1.807) is 0 Å². The molecule has 83 heavy (non-hydrogen) atoms. The zero-order valence-electron chi connectivity index (χ0n) is 54.2. The van der Waals surface area contributed by atoms with Crippen molar-refractivity contribution in [3.8, 4) is 0 Å². The van der Waals surface area contributed by atoms with Crippen molar-refractivity contribution in [2.24, 2.45) is 0 Å². The monoisotopic (exact) mass is 1150 g/mol. The Morgan fingerprint density at radius 2 is 0.470 bits per heavy atom. The second kappa shape index (κ2) is 70.0. The molecule has 6 heteroatoms. The number of unbranched alkanes of at least 4 members (excludes halogenated alkanes) is 29. The van der Waals surface area contributed by atoms with Gasteiger partial charge in [0.25, 0.3) is 0 Å². The van der Waals surface area contributed by atoms with Gasteiger partial charge in [0.05, 0.1) is 0 Å². The van der Waals surface area contributed by atoms with Crippen LogP contribution in [0.25, 0.3) is 0 Å². The van der Waals surface area contributed by atoms with E-state index in [2.05, 4.69) is 154 Å². The lowest BCUT2D eigenvalue weighted by Crippen LogP contribution is -2.30. The normalized spacial score (nSPS) is 13.0. The summed E-state index contributed by atoms with van der Waals surface area (Å²) in [4.78, 5) is 38.4. The fourth-order valence-electron chi connectivity index (χ4n) is 9.48. The lowest BCUT2D eigenvalue weighted by atomic mass is 10.0. The predicted molar refractivity (Wildman–Crippen MR) is 362 cm³/mol. The molecule has 472 valence electrons. The topological polar surface area (TPSA) is 78.9 Å². The van der Waals surface area contributed by atoms with Gasteiger partial charge in [0, 0.05) is 19.3 Å². The fraction of sp³-hybridized carbons (Fsp3) is 0.675. The van der Waals surface area contributed by atoms with Crippen molar-refractivity contribution in [2.75, 3.05) is 13.2 Å². The van der Waals surface area contributed by atoms with Gasteiger partial charge in [-0.3, -0.25) is 14.4 Å². The van der Waals surface area contributed by atoms with Gasteiger partial charge in [-0.2, -0.15) is 0 Å². The summed E-state index contributed by atoms with van der Waals surface area (Å²) in [5.41, 5.74) is 0. The van der Waals surface area contributed by atoms with Gasteiger partial charge in [0.1, 0.15) is 13.2 Å². The minimum absolute atomic E-state index is 0.0847. The third-order valence-corrected chi connectivity index (χ3v) is 14.6. The molecule has 0 aromatic heterocycles. The number of carbonyl (C=O) groups is 3. The maximum atomic E-state index is 12.9. The van der Waals surface area contributed by atoms with Gasteiger partial charge in [-0.05, 0) is 128 Å². The highest BCUT2D eigenvalue weighted by Gasteiger charge is 2.19. The SMILES string of the molecule is CC/C=C\C/C=C\C/C=C\C/C=C\C/C=C\C/C=C\CCCCCCCCCCCCCCC(=O)OCC(COC(=O)CCCCCCC/C=C\CCCC)OC(=O)CCCCCCCCCCCC/C=C\C/C=C\C/C=C\C/C=C\CC. The number of hydrogen-bond donors (Lipinski definition) is 0.